The predicted octanol–water partition coefficient (Wildman–Crippen LogP) is 3.51. The molecular formula is C15H29N5. The number of rotatable bonds is 8. The van der Waals surface area contributed by atoms with Crippen LogP contribution in [0.25, 0.3) is 0 Å². The standard InChI is InChI=1S/C15H29N5/c1-10(2)7-6-8-12(5)17-13-9-14(20-16)19-15(18-13)11(3)4/h9-12H,6-8,16H2,1-5H3,(H2,17,18,19,20). The van der Waals surface area contributed by atoms with Crippen LogP contribution in [0.5, 0.6) is 0 Å². The molecule has 0 fully saturated rings. The van der Waals surface area contributed by atoms with E-state index in [1.165, 1.54) is 12.8 Å². The summed E-state index contributed by atoms with van der Waals surface area (Å²) in [4.78, 5) is 8.90. The van der Waals surface area contributed by atoms with Gasteiger partial charge in [-0.1, -0.05) is 40.5 Å². The van der Waals surface area contributed by atoms with E-state index in [9.17, 15) is 0 Å². The van der Waals surface area contributed by atoms with E-state index in [0.29, 0.717) is 11.9 Å². The van der Waals surface area contributed by atoms with Crippen LogP contribution in [0.3, 0.4) is 0 Å². The van der Waals surface area contributed by atoms with Gasteiger partial charge < -0.3 is 10.7 Å². The lowest BCUT2D eigenvalue weighted by Gasteiger charge is -2.17. The van der Waals surface area contributed by atoms with Gasteiger partial charge in [0.2, 0.25) is 0 Å². The highest BCUT2D eigenvalue weighted by molar-refractivity contribution is 5.47. The average Bonchev–Trinajstić information content (AvgIpc) is 2.37. The van der Waals surface area contributed by atoms with Crippen LogP contribution in [0.15, 0.2) is 6.07 Å². The smallest absolute Gasteiger partial charge is 0.145 e. The van der Waals surface area contributed by atoms with Gasteiger partial charge in [0.15, 0.2) is 0 Å². The van der Waals surface area contributed by atoms with Crippen LogP contribution in [-0.4, -0.2) is 16.0 Å². The zero-order valence-electron chi connectivity index (χ0n) is 13.4. The Hall–Kier alpha value is -1.36. The van der Waals surface area contributed by atoms with Gasteiger partial charge in [0.05, 0.1) is 0 Å². The zero-order valence-corrected chi connectivity index (χ0v) is 13.4. The Labute approximate surface area is 122 Å². The number of nitrogen functional groups attached to an aromatic ring is 1. The third-order valence-electron chi connectivity index (χ3n) is 3.22. The van der Waals surface area contributed by atoms with Gasteiger partial charge in [-0.3, -0.25) is 0 Å². The van der Waals surface area contributed by atoms with Gasteiger partial charge in [-0.25, -0.2) is 15.8 Å². The van der Waals surface area contributed by atoms with Gasteiger partial charge in [-0.2, -0.15) is 0 Å². The molecule has 5 nitrogen and oxygen atoms in total. The summed E-state index contributed by atoms with van der Waals surface area (Å²) in [5, 5.41) is 3.44. The van der Waals surface area contributed by atoms with Crippen molar-refractivity contribution in [2.75, 3.05) is 10.7 Å². The first kappa shape index (κ1) is 16.7. The van der Waals surface area contributed by atoms with Crippen molar-refractivity contribution in [2.45, 2.75) is 65.8 Å². The van der Waals surface area contributed by atoms with Crippen LogP contribution in [0.1, 0.15) is 65.6 Å². The molecule has 0 bridgehead atoms. The Bertz CT molecular complexity index is 403. The molecule has 1 heterocycles. The molecule has 5 heteroatoms. The fourth-order valence-corrected chi connectivity index (χ4v) is 2.03. The molecule has 0 aliphatic rings. The second-order valence-electron chi connectivity index (χ2n) is 6.17. The molecule has 20 heavy (non-hydrogen) atoms. The third-order valence-corrected chi connectivity index (χ3v) is 3.22. The number of nitrogens with zero attached hydrogens (tertiary/aromatic N) is 2. The van der Waals surface area contributed by atoms with Crippen LogP contribution < -0.4 is 16.6 Å². The lowest BCUT2D eigenvalue weighted by atomic mass is 10.0. The summed E-state index contributed by atoms with van der Waals surface area (Å²) in [7, 11) is 0. The van der Waals surface area contributed by atoms with E-state index in [-0.39, 0.29) is 5.92 Å². The maximum Gasteiger partial charge on any atom is 0.145 e. The fraction of sp³-hybridized carbons (Fsp3) is 0.733. The average molecular weight is 279 g/mol. The SMILES string of the molecule is CC(C)CCCC(C)Nc1cc(NN)nc(C(C)C)n1. The number of hydrazine groups is 1. The molecule has 0 saturated carbocycles. The summed E-state index contributed by atoms with van der Waals surface area (Å²) in [5.74, 6) is 8.81. The Morgan fingerprint density at radius 3 is 2.25 bits per heavy atom. The lowest BCUT2D eigenvalue weighted by Crippen LogP contribution is -2.18. The van der Waals surface area contributed by atoms with Gasteiger partial charge in [-0.05, 0) is 19.3 Å². The van der Waals surface area contributed by atoms with Gasteiger partial charge in [-0.15, -0.1) is 0 Å². The molecule has 1 aromatic heterocycles. The summed E-state index contributed by atoms with van der Waals surface area (Å²) in [5.41, 5.74) is 2.60. The summed E-state index contributed by atoms with van der Waals surface area (Å²) in [6.45, 7) is 10.9. The molecule has 1 rings (SSSR count). The topological polar surface area (TPSA) is 75.9 Å². The van der Waals surface area contributed by atoms with Gasteiger partial charge in [0, 0.05) is 18.0 Å². The first-order valence-electron chi connectivity index (χ1n) is 7.54. The second-order valence-corrected chi connectivity index (χ2v) is 6.17. The maximum atomic E-state index is 5.46. The Morgan fingerprint density at radius 1 is 1.05 bits per heavy atom. The summed E-state index contributed by atoms with van der Waals surface area (Å²) < 4.78 is 0. The van der Waals surface area contributed by atoms with Gasteiger partial charge in [0.1, 0.15) is 17.5 Å². The largest absolute Gasteiger partial charge is 0.367 e. The van der Waals surface area contributed by atoms with Crippen molar-refractivity contribution in [3.63, 3.8) is 0 Å². The van der Waals surface area contributed by atoms with Gasteiger partial charge in [0.25, 0.3) is 0 Å². The zero-order chi connectivity index (χ0) is 15.1. The molecule has 0 aliphatic heterocycles. The highest BCUT2D eigenvalue weighted by Crippen LogP contribution is 2.18. The molecule has 0 saturated heterocycles. The number of nitrogens with one attached hydrogen (secondary N) is 2. The number of aromatic nitrogens is 2. The molecule has 1 unspecified atom stereocenters. The van der Waals surface area contributed by atoms with E-state index in [2.05, 4.69) is 55.3 Å². The molecule has 4 N–H and O–H groups in total. The normalized spacial score (nSPS) is 12.8. The van der Waals surface area contributed by atoms with Crippen molar-refractivity contribution in [1.29, 1.82) is 0 Å². The van der Waals surface area contributed by atoms with E-state index in [4.69, 9.17) is 5.84 Å². The summed E-state index contributed by atoms with van der Waals surface area (Å²) in [6, 6.07) is 2.25. The van der Waals surface area contributed by atoms with E-state index in [1.807, 2.05) is 6.07 Å². The molecular weight excluding hydrogens is 250 g/mol. The minimum Gasteiger partial charge on any atom is -0.367 e. The molecule has 0 amide bonds. The molecule has 0 radical (unpaired) electrons. The first-order chi connectivity index (χ1) is 9.42. The summed E-state index contributed by atoms with van der Waals surface area (Å²) in [6.07, 6.45) is 3.64. The molecule has 114 valence electrons. The first-order valence-corrected chi connectivity index (χ1v) is 7.54. The molecule has 0 aliphatic carbocycles. The van der Waals surface area contributed by atoms with Crippen LogP contribution in [0.2, 0.25) is 0 Å². The molecule has 0 aromatic carbocycles. The van der Waals surface area contributed by atoms with E-state index < -0.39 is 0 Å². The molecule has 0 spiro atoms. The fourth-order valence-electron chi connectivity index (χ4n) is 2.03. The number of hydrogen-bond acceptors (Lipinski definition) is 5. The maximum absolute atomic E-state index is 5.46. The van der Waals surface area contributed by atoms with Crippen LogP contribution in [0, 0.1) is 5.92 Å². The summed E-state index contributed by atoms with van der Waals surface area (Å²) >= 11 is 0. The van der Waals surface area contributed by atoms with Crippen molar-refractivity contribution < 1.29 is 0 Å². The molecule has 1 aromatic rings. The van der Waals surface area contributed by atoms with Crippen molar-refractivity contribution in [3.05, 3.63) is 11.9 Å². The van der Waals surface area contributed by atoms with E-state index in [0.717, 1.165) is 24.0 Å². The third kappa shape index (κ3) is 5.74. The predicted molar refractivity (Wildman–Crippen MR) is 85.7 cm³/mol. The van der Waals surface area contributed by atoms with Crippen LogP contribution in [-0.2, 0) is 0 Å². The minimum atomic E-state index is 0.278. The van der Waals surface area contributed by atoms with E-state index in [1.54, 1.807) is 0 Å². The number of nitrogens with two attached hydrogens (primary N) is 1. The van der Waals surface area contributed by atoms with Crippen molar-refractivity contribution in [3.8, 4) is 0 Å². The van der Waals surface area contributed by atoms with Gasteiger partial charge >= 0.3 is 0 Å². The highest BCUT2D eigenvalue weighted by atomic mass is 15.3. The quantitative estimate of drug-likeness (QED) is 0.501. The Balaban J connectivity index is 2.63. The van der Waals surface area contributed by atoms with Crippen LogP contribution >= 0.6 is 0 Å². The Kier molecular flexibility index (Phi) is 6.71. The van der Waals surface area contributed by atoms with E-state index >= 15 is 0 Å². The highest BCUT2D eigenvalue weighted by Gasteiger charge is 2.10. The van der Waals surface area contributed by atoms with Crippen molar-refractivity contribution in [1.82, 2.24) is 9.97 Å². The number of anilines is 2. The Morgan fingerprint density at radius 2 is 1.70 bits per heavy atom. The van der Waals surface area contributed by atoms with Crippen LogP contribution in [0.4, 0.5) is 11.6 Å². The molecule has 1 atom stereocenters. The number of hydrogen-bond donors (Lipinski definition) is 3. The lowest BCUT2D eigenvalue weighted by molar-refractivity contribution is 0.520. The van der Waals surface area contributed by atoms with Crippen molar-refractivity contribution >= 4 is 11.6 Å². The minimum absolute atomic E-state index is 0.278. The second kappa shape index (κ2) is 8.04. The van der Waals surface area contributed by atoms with Crippen molar-refractivity contribution in [2.24, 2.45) is 11.8 Å². The monoisotopic (exact) mass is 279 g/mol.